The molecule has 4 heteroatoms. The average molecular weight is 276 g/mol. The van der Waals surface area contributed by atoms with E-state index in [-0.39, 0.29) is 0 Å². The minimum absolute atomic E-state index is 0.467. The van der Waals surface area contributed by atoms with E-state index in [0.29, 0.717) is 4.99 Å². The van der Waals surface area contributed by atoms with E-state index in [1.165, 1.54) is 11.1 Å². The van der Waals surface area contributed by atoms with Gasteiger partial charge < -0.3 is 5.73 Å². The minimum atomic E-state index is 0.467. The van der Waals surface area contributed by atoms with Crippen LogP contribution in [-0.2, 0) is 13.1 Å². The van der Waals surface area contributed by atoms with Crippen molar-refractivity contribution in [3.63, 3.8) is 0 Å². The van der Waals surface area contributed by atoms with Crippen LogP contribution in [0.5, 0.6) is 0 Å². The SMILES string of the molecule is CN(Cc1ccsc1)Cc1ccccc1C(N)=S. The Kier molecular flexibility index (Phi) is 4.47. The number of nitrogens with zero attached hydrogens (tertiary/aromatic N) is 1. The van der Waals surface area contributed by atoms with Crippen LogP contribution in [0.3, 0.4) is 0 Å². The molecule has 18 heavy (non-hydrogen) atoms. The smallest absolute Gasteiger partial charge is 0.104 e. The lowest BCUT2D eigenvalue weighted by atomic mass is 10.1. The van der Waals surface area contributed by atoms with Crippen molar-refractivity contribution in [3.8, 4) is 0 Å². The number of nitrogens with two attached hydrogens (primary N) is 1. The highest BCUT2D eigenvalue weighted by Gasteiger charge is 2.07. The summed E-state index contributed by atoms with van der Waals surface area (Å²) in [6.07, 6.45) is 0. The van der Waals surface area contributed by atoms with Crippen molar-refractivity contribution in [3.05, 3.63) is 57.8 Å². The third-order valence-electron chi connectivity index (χ3n) is 2.76. The molecule has 2 rings (SSSR count). The monoisotopic (exact) mass is 276 g/mol. The van der Waals surface area contributed by atoms with Gasteiger partial charge in [0.05, 0.1) is 0 Å². The fraction of sp³-hybridized carbons (Fsp3) is 0.214. The first-order chi connectivity index (χ1) is 8.66. The largest absolute Gasteiger partial charge is 0.389 e. The molecular weight excluding hydrogens is 260 g/mol. The molecule has 94 valence electrons. The molecule has 0 atom stereocenters. The van der Waals surface area contributed by atoms with Crippen LogP contribution in [0.4, 0.5) is 0 Å². The Balaban J connectivity index is 2.07. The van der Waals surface area contributed by atoms with Gasteiger partial charge in [0.25, 0.3) is 0 Å². The number of hydrogen-bond acceptors (Lipinski definition) is 3. The standard InChI is InChI=1S/C14H16N2S2/c1-16(8-11-6-7-18-10-11)9-12-4-2-3-5-13(12)14(15)17/h2-7,10H,8-9H2,1H3,(H2,15,17). The molecule has 0 bridgehead atoms. The molecule has 0 aliphatic rings. The first-order valence-electron chi connectivity index (χ1n) is 5.74. The van der Waals surface area contributed by atoms with Crippen LogP contribution in [-0.4, -0.2) is 16.9 Å². The van der Waals surface area contributed by atoms with E-state index in [1.807, 2.05) is 18.2 Å². The molecule has 2 aromatic rings. The molecule has 0 aliphatic carbocycles. The van der Waals surface area contributed by atoms with Gasteiger partial charge in [-0.2, -0.15) is 11.3 Å². The molecule has 0 aliphatic heterocycles. The Hall–Kier alpha value is -1.23. The molecule has 0 amide bonds. The van der Waals surface area contributed by atoms with E-state index in [2.05, 4.69) is 34.8 Å². The van der Waals surface area contributed by atoms with Crippen molar-refractivity contribution in [2.45, 2.75) is 13.1 Å². The lowest BCUT2D eigenvalue weighted by molar-refractivity contribution is 0.319. The van der Waals surface area contributed by atoms with Crippen molar-refractivity contribution in [1.29, 1.82) is 0 Å². The number of hydrogen-bond donors (Lipinski definition) is 1. The molecule has 2 nitrogen and oxygen atoms in total. The highest BCUT2D eigenvalue weighted by atomic mass is 32.1. The first-order valence-corrected chi connectivity index (χ1v) is 7.09. The van der Waals surface area contributed by atoms with Crippen molar-refractivity contribution in [2.75, 3.05) is 7.05 Å². The van der Waals surface area contributed by atoms with Gasteiger partial charge in [0.15, 0.2) is 0 Å². The van der Waals surface area contributed by atoms with Gasteiger partial charge in [-0.25, -0.2) is 0 Å². The summed E-state index contributed by atoms with van der Waals surface area (Å²) in [7, 11) is 2.11. The van der Waals surface area contributed by atoms with E-state index >= 15 is 0 Å². The van der Waals surface area contributed by atoms with Crippen LogP contribution >= 0.6 is 23.6 Å². The molecule has 0 saturated heterocycles. The van der Waals surface area contributed by atoms with Gasteiger partial charge in [-0.1, -0.05) is 36.5 Å². The third kappa shape index (κ3) is 3.38. The second kappa shape index (κ2) is 6.09. The summed E-state index contributed by atoms with van der Waals surface area (Å²) >= 11 is 6.81. The summed E-state index contributed by atoms with van der Waals surface area (Å²) in [5.74, 6) is 0. The predicted molar refractivity (Wildman–Crippen MR) is 81.8 cm³/mol. The van der Waals surface area contributed by atoms with Crippen molar-refractivity contribution in [2.24, 2.45) is 5.73 Å². The zero-order valence-corrected chi connectivity index (χ0v) is 11.9. The zero-order valence-electron chi connectivity index (χ0n) is 10.3. The summed E-state index contributed by atoms with van der Waals surface area (Å²) in [6.45, 7) is 1.79. The normalized spacial score (nSPS) is 10.8. The summed E-state index contributed by atoms with van der Waals surface area (Å²) in [4.78, 5) is 2.73. The van der Waals surface area contributed by atoms with Gasteiger partial charge in [0.1, 0.15) is 4.99 Å². The highest BCUT2D eigenvalue weighted by molar-refractivity contribution is 7.80. The molecule has 0 saturated carbocycles. The van der Waals surface area contributed by atoms with Crippen LogP contribution in [0.1, 0.15) is 16.7 Å². The molecule has 1 aromatic heterocycles. The maximum Gasteiger partial charge on any atom is 0.104 e. The second-order valence-electron chi connectivity index (χ2n) is 4.33. The molecule has 2 N–H and O–H groups in total. The lowest BCUT2D eigenvalue weighted by Gasteiger charge is -2.18. The molecule has 0 spiro atoms. The quantitative estimate of drug-likeness (QED) is 0.851. The second-order valence-corrected chi connectivity index (χ2v) is 5.55. The Morgan fingerprint density at radius 2 is 2.06 bits per heavy atom. The van der Waals surface area contributed by atoms with Crippen LogP contribution < -0.4 is 5.73 Å². The van der Waals surface area contributed by atoms with Crippen molar-refractivity contribution >= 4 is 28.5 Å². The number of thiocarbonyl (C=S) groups is 1. The summed E-state index contributed by atoms with van der Waals surface area (Å²) in [5, 5.41) is 4.28. The predicted octanol–water partition coefficient (Wildman–Crippen LogP) is 3.01. The summed E-state index contributed by atoms with van der Waals surface area (Å²) in [5.41, 5.74) is 9.24. The van der Waals surface area contributed by atoms with E-state index in [9.17, 15) is 0 Å². The van der Waals surface area contributed by atoms with Crippen LogP contribution in [0.2, 0.25) is 0 Å². The van der Waals surface area contributed by atoms with Gasteiger partial charge in [-0.05, 0) is 35.0 Å². The maximum absolute atomic E-state index is 5.74. The molecule has 1 aromatic carbocycles. The first kappa shape index (κ1) is 13.2. The van der Waals surface area contributed by atoms with Gasteiger partial charge >= 0.3 is 0 Å². The molecule has 0 fully saturated rings. The fourth-order valence-electron chi connectivity index (χ4n) is 1.94. The molecule has 1 heterocycles. The van der Waals surface area contributed by atoms with Gasteiger partial charge in [-0.3, -0.25) is 4.90 Å². The zero-order chi connectivity index (χ0) is 13.0. The Morgan fingerprint density at radius 1 is 1.28 bits per heavy atom. The van der Waals surface area contributed by atoms with Crippen molar-refractivity contribution < 1.29 is 0 Å². The van der Waals surface area contributed by atoms with Gasteiger partial charge in [-0.15, -0.1) is 0 Å². The average Bonchev–Trinajstić information content (AvgIpc) is 2.82. The van der Waals surface area contributed by atoms with E-state index in [4.69, 9.17) is 18.0 Å². The van der Waals surface area contributed by atoms with E-state index < -0.39 is 0 Å². The number of thiophene rings is 1. The number of benzene rings is 1. The Bertz CT molecular complexity index is 520. The van der Waals surface area contributed by atoms with Gasteiger partial charge in [0.2, 0.25) is 0 Å². The van der Waals surface area contributed by atoms with Crippen LogP contribution in [0.25, 0.3) is 0 Å². The topological polar surface area (TPSA) is 29.3 Å². The van der Waals surface area contributed by atoms with Crippen LogP contribution in [0, 0.1) is 0 Å². The molecule has 0 radical (unpaired) electrons. The van der Waals surface area contributed by atoms with E-state index in [0.717, 1.165) is 18.7 Å². The Labute approximate surface area is 117 Å². The molecule has 0 unspecified atom stereocenters. The third-order valence-corrected chi connectivity index (χ3v) is 3.71. The number of rotatable bonds is 5. The van der Waals surface area contributed by atoms with Gasteiger partial charge in [0, 0.05) is 18.7 Å². The fourth-order valence-corrected chi connectivity index (χ4v) is 2.80. The highest BCUT2D eigenvalue weighted by Crippen LogP contribution is 2.14. The summed E-state index contributed by atoms with van der Waals surface area (Å²) < 4.78 is 0. The van der Waals surface area contributed by atoms with E-state index in [1.54, 1.807) is 11.3 Å². The lowest BCUT2D eigenvalue weighted by Crippen LogP contribution is -2.20. The van der Waals surface area contributed by atoms with Crippen LogP contribution in [0.15, 0.2) is 41.1 Å². The minimum Gasteiger partial charge on any atom is -0.389 e. The Morgan fingerprint density at radius 3 is 2.72 bits per heavy atom. The summed E-state index contributed by atoms with van der Waals surface area (Å²) in [6, 6.07) is 10.2. The van der Waals surface area contributed by atoms with Crippen molar-refractivity contribution in [1.82, 2.24) is 4.90 Å². The molecular formula is C14H16N2S2. The maximum atomic E-state index is 5.74.